The maximum atomic E-state index is 13.2. The molecule has 8 heteroatoms. The van der Waals surface area contributed by atoms with E-state index in [1.807, 2.05) is 133 Å². The van der Waals surface area contributed by atoms with Crippen molar-refractivity contribution in [2.45, 2.75) is 0 Å². The summed E-state index contributed by atoms with van der Waals surface area (Å²) in [6.07, 6.45) is 1.69. The van der Waals surface area contributed by atoms with Gasteiger partial charge in [-0.15, -0.1) is 0 Å². The van der Waals surface area contributed by atoms with Gasteiger partial charge in [-0.1, -0.05) is 103 Å². The molecule has 0 spiro atoms. The van der Waals surface area contributed by atoms with Crippen molar-refractivity contribution in [3.05, 3.63) is 156 Å². The second-order valence-corrected chi connectivity index (χ2v) is 11.3. The molecule has 0 aliphatic carbocycles. The Bertz CT molecular complexity index is 2630. The van der Waals surface area contributed by atoms with Crippen LogP contribution in [-0.4, -0.2) is 29.3 Å². The van der Waals surface area contributed by atoms with Gasteiger partial charge in [0.1, 0.15) is 11.2 Å². The van der Waals surface area contributed by atoms with E-state index in [9.17, 15) is 4.79 Å². The number of fused-ring (bicyclic) bond motifs is 4. The number of benzene rings is 5. The molecule has 0 unspecified atom stereocenters. The predicted octanol–water partition coefficient (Wildman–Crippen LogP) is 8.51. The third kappa shape index (κ3) is 4.71. The molecule has 0 N–H and O–H groups in total. The molecule has 48 heavy (non-hydrogen) atoms. The Balaban J connectivity index is 1.26. The molecule has 9 aromatic rings. The minimum Gasteiger partial charge on any atom is -0.456 e. The van der Waals surface area contributed by atoms with Gasteiger partial charge < -0.3 is 4.42 Å². The highest BCUT2D eigenvalue weighted by molar-refractivity contribution is 6.14. The molecular formula is C40H24N6O2. The van der Waals surface area contributed by atoms with Crippen LogP contribution in [-0.2, 0) is 0 Å². The summed E-state index contributed by atoms with van der Waals surface area (Å²) in [4.78, 5) is 37.1. The second kappa shape index (κ2) is 11.2. The summed E-state index contributed by atoms with van der Waals surface area (Å²) < 4.78 is 7.85. The van der Waals surface area contributed by atoms with E-state index in [0.29, 0.717) is 34.5 Å². The fourth-order valence-electron chi connectivity index (χ4n) is 6.09. The molecule has 0 fully saturated rings. The van der Waals surface area contributed by atoms with Gasteiger partial charge in [0.25, 0.3) is 0 Å². The first-order chi connectivity index (χ1) is 23.7. The van der Waals surface area contributed by atoms with Gasteiger partial charge in [-0.2, -0.15) is 4.98 Å². The minimum absolute atomic E-state index is 0.373. The maximum absolute atomic E-state index is 13.2. The van der Waals surface area contributed by atoms with E-state index in [-0.39, 0.29) is 0 Å². The molecule has 0 aliphatic heterocycles. The average molecular weight is 621 g/mol. The van der Waals surface area contributed by atoms with Crippen LogP contribution in [0.25, 0.3) is 84.3 Å². The zero-order valence-electron chi connectivity index (χ0n) is 25.4. The first-order valence-corrected chi connectivity index (χ1v) is 15.5. The second-order valence-electron chi connectivity index (χ2n) is 11.3. The summed E-state index contributed by atoms with van der Waals surface area (Å²) in [6, 6.07) is 45.1. The van der Waals surface area contributed by atoms with E-state index in [1.165, 1.54) is 4.40 Å². The fourth-order valence-corrected chi connectivity index (χ4v) is 6.09. The van der Waals surface area contributed by atoms with Crippen molar-refractivity contribution in [3.63, 3.8) is 0 Å². The van der Waals surface area contributed by atoms with Crippen LogP contribution in [0.2, 0.25) is 0 Å². The largest absolute Gasteiger partial charge is 0.456 e. The normalized spacial score (nSPS) is 11.4. The van der Waals surface area contributed by atoms with Gasteiger partial charge in [-0.3, -0.25) is 4.40 Å². The summed E-state index contributed by atoms with van der Waals surface area (Å²) in [7, 11) is 0. The fraction of sp³-hybridized carbons (Fsp3) is 0. The summed E-state index contributed by atoms with van der Waals surface area (Å²) in [5.74, 6) is 2.10. The zero-order valence-corrected chi connectivity index (χ0v) is 25.4. The van der Waals surface area contributed by atoms with E-state index < -0.39 is 5.69 Å². The summed E-state index contributed by atoms with van der Waals surface area (Å²) in [5.41, 5.74) is 6.60. The Morgan fingerprint density at radius 3 is 1.65 bits per heavy atom. The monoisotopic (exact) mass is 620 g/mol. The quantitative estimate of drug-likeness (QED) is 0.190. The number of nitrogens with zero attached hydrogens (tertiary/aromatic N) is 6. The van der Waals surface area contributed by atoms with Crippen LogP contribution in [0.5, 0.6) is 0 Å². The molecule has 4 aromatic heterocycles. The van der Waals surface area contributed by atoms with E-state index in [4.69, 9.17) is 24.4 Å². The van der Waals surface area contributed by atoms with Crippen molar-refractivity contribution in [3.8, 4) is 56.7 Å². The molecule has 4 heterocycles. The van der Waals surface area contributed by atoms with Crippen LogP contribution >= 0.6 is 0 Å². The van der Waals surface area contributed by atoms with E-state index >= 15 is 0 Å². The van der Waals surface area contributed by atoms with Crippen molar-refractivity contribution in [1.82, 2.24) is 29.3 Å². The van der Waals surface area contributed by atoms with Gasteiger partial charge in [-0.05, 0) is 42.0 Å². The molecular weight excluding hydrogens is 596 g/mol. The van der Waals surface area contributed by atoms with E-state index in [0.717, 1.165) is 49.7 Å². The summed E-state index contributed by atoms with van der Waals surface area (Å²) in [6.45, 7) is 0. The van der Waals surface area contributed by atoms with Crippen LogP contribution in [0.4, 0.5) is 0 Å². The van der Waals surface area contributed by atoms with Gasteiger partial charge in [0.05, 0.1) is 0 Å². The van der Waals surface area contributed by atoms with Crippen molar-refractivity contribution in [2.75, 3.05) is 0 Å². The van der Waals surface area contributed by atoms with Gasteiger partial charge in [0.15, 0.2) is 28.9 Å². The smallest absolute Gasteiger partial charge is 0.355 e. The van der Waals surface area contributed by atoms with Gasteiger partial charge in [0.2, 0.25) is 0 Å². The number of aromatic nitrogens is 6. The maximum Gasteiger partial charge on any atom is 0.355 e. The number of furan rings is 1. The number of rotatable bonds is 5. The minimum atomic E-state index is -0.398. The highest BCUT2D eigenvalue weighted by Crippen LogP contribution is 2.39. The lowest BCUT2D eigenvalue weighted by atomic mass is 9.99. The first kappa shape index (κ1) is 27.5. The van der Waals surface area contributed by atoms with Crippen molar-refractivity contribution >= 4 is 27.6 Å². The molecule has 0 bridgehead atoms. The Morgan fingerprint density at radius 1 is 0.458 bits per heavy atom. The molecule has 0 saturated carbocycles. The number of hydrogen-bond acceptors (Lipinski definition) is 7. The Hall–Kier alpha value is -6.80. The Morgan fingerprint density at radius 2 is 1.02 bits per heavy atom. The predicted molar refractivity (Wildman–Crippen MR) is 187 cm³/mol. The molecule has 0 atom stereocenters. The van der Waals surface area contributed by atoms with Gasteiger partial charge in [0, 0.05) is 44.8 Å². The van der Waals surface area contributed by atoms with Crippen LogP contribution in [0, 0.1) is 0 Å². The SMILES string of the molecule is O=c1nc(-c2ccccc2)nc2c(-c3cccc4oc5ccc(-c6nc(-c7ccccc7)nc(-c7ccccc7)n6)cc5c34)cccn12. The molecule has 8 nitrogen and oxygen atoms in total. The molecule has 5 aromatic carbocycles. The third-order valence-corrected chi connectivity index (χ3v) is 8.36. The standard InChI is InChI=1S/C40H24N6O2/c47-40-45-37(27-16-8-3-9-17-27)44-39-30(19-11-23-46(39)40)29-18-10-20-33-34(29)31-24-28(21-22-32(31)48-33)38-42-35(25-12-4-1-5-13-25)41-36(43-38)26-14-6-2-7-15-26/h1-24H. The first-order valence-electron chi connectivity index (χ1n) is 15.5. The third-order valence-electron chi connectivity index (χ3n) is 8.36. The Labute approximate surface area is 273 Å². The molecule has 9 rings (SSSR count). The molecule has 0 aliphatic rings. The topological polar surface area (TPSA) is 99.1 Å². The zero-order chi connectivity index (χ0) is 32.0. The van der Waals surface area contributed by atoms with Crippen molar-refractivity contribution < 1.29 is 4.42 Å². The Kier molecular flexibility index (Phi) is 6.43. The van der Waals surface area contributed by atoms with Crippen LogP contribution in [0.3, 0.4) is 0 Å². The lowest BCUT2D eigenvalue weighted by molar-refractivity contribution is 0.669. The molecule has 0 amide bonds. The summed E-state index contributed by atoms with van der Waals surface area (Å²) in [5, 5.41) is 1.79. The molecule has 0 radical (unpaired) electrons. The lowest BCUT2D eigenvalue weighted by Gasteiger charge is -2.10. The number of hydrogen-bond donors (Lipinski definition) is 0. The van der Waals surface area contributed by atoms with Crippen molar-refractivity contribution in [1.29, 1.82) is 0 Å². The highest BCUT2D eigenvalue weighted by Gasteiger charge is 2.19. The summed E-state index contributed by atoms with van der Waals surface area (Å²) >= 11 is 0. The lowest BCUT2D eigenvalue weighted by Crippen LogP contribution is -2.19. The van der Waals surface area contributed by atoms with Crippen molar-refractivity contribution in [2.24, 2.45) is 0 Å². The molecule has 226 valence electrons. The van der Waals surface area contributed by atoms with Crippen LogP contribution in [0.15, 0.2) is 155 Å². The van der Waals surface area contributed by atoms with E-state index in [2.05, 4.69) is 11.1 Å². The van der Waals surface area contributed by atoms with Gasteiger partial charge in [-0.25, -0.2) is 24.7 Å². The highest BCUT2D eigenvalue weighted by atomic mass is 16.3. The van der Waals surface area contributed by atoms with Crippen LogP contribution in [0.1, 0.15) is 0 Å². The van der Waals surface area contributed by atoms with Gasteiger partial charge >= 0.3 is 5.69 Å². The average Bonchev–Trinajstić information content (AvgIpc) is 3.54. The number of pyridine rings is 1. The van der Waals surface area contributed by atoms with Crippen LogP contribution < -0.4 is 5.69 Å². The van der Waals surface area contributed by atoms with E-state index in [1.54, 1.807) is 6.20 Å². The molecule has 0 saturated heterocycles.